The summed E-state index contributed by atoms with van der Waals surface area (Å²) in [5.41, 5.74) is -0.122. The lowest BCUT2D eigenvalue weighted by molar-refractivity contribution is -0.000811. The average molecular weight is 156 g/mol. The number of rotatable bonds is 5. The van der Waals surface area contributed by atoms with E-state index in [0.29, 0.717) is 5.92 Å². The minimum absolute atomic E-state index is 0.122. The van der Waals surface area contributed by atoms with E-state index in [9.17, 15) is 0 Å². The zero-order chi connectivity index (χ0) is 8.91. The lowest BCUT2D eigenvalue weighted by atomic mass is 9.94. The monoisotopic (exact) mass is 156 g/mol. The second-order valence-corrected chi connectivity index (χ2v) is 3.55. The van der Waals surface area contributed by atoms with Crippen molar-refractivity contribution in [2.24, 2.45) is 5.92 Å². The normalized spacial score (nSPS) is 16.5. The summed E-state index contributed by atoms with van der Waals surface area (Å²) in [6, 6.07) is 0. The average Bonchev–Trinajstić information content (AvgIpc) is 1.87. The Morgan fingerprint density at radius 2 is 2.09 bits per heavy atom. The molecule has 0 saturated carbocycles. The van der Waals surface area contributed by atoms with E-state index < -0.39 is 0 Å². The molecule has 0 N–H and O–H groups in total. The molecular weight excluding hydrogens is 136 g/mol. The van der Waals surface area contributed by atoms with E-state index in [1.165, 1.54) is 0 Å². The maximum Gasteiger partial charge on any atom is 0.0834 e. The van der Waals surface area contributed by atoms with Gasteiger partial charge in [-0.2, -0.15) is 0 Å². The smallest absolute Gasteiger partial charge is 0.0834 e. The maximum absolute atomic E-state index is 5.57. The van der Waals surface area contributed by atoms with E-state index >= 15 is 0 Å². The van der Waals surface area contributed by atoms with Crippen LogP contribution in [0.5, 0.6) is 0 Å². The van der Waals surface area contributed by atoms with Gasteiger partial charge in [-0.15, -0.1) is 6.58 Å². The van der Waals surface area contributed by atoms with Gasteiger partial charge in [0.05, 0.1) is 5.60 Å². The first kappa shape index (κ1) is 10.7. The molecular formula is C10H20O. The van der Waals surface area contributed by atoms with Crippen LogP contribution in [-0.4, -0.2) is 12.2 Å². The lowest BCUT2D eigenvalue weighted by Crippen LogP contribution is -2.27. The highest BCUT2D eigenvalue weighted by Gasteiger charge is 2.20. The van der Waals surface area contributed by atoms with Crippen LogP contribution in [0.25, 0.3) is 0 Å². The molecule has 11 heavy (non-hydrogen) atoms. The Labute approximate surface area is 70.4 Å². The molecule has 66 valence electrons. The van der Waals surface area contributed by atoms with Gasteiger partial charge in [0.15, 0.2) is 0 Å². The van der Waals surface area contributed by atoms with Crippen LogP contribution < -0.4 is 0 Å². The molecule has 0 aliphatic rings. The minimum atomic E-state index is -0.122. The number of ether oxygens (including phenoxy) is 1. The predicted octanol–water partition coefficient (Wildman–Crippen LogP) is 3.01. The van der Waals surface area contributed by atoms with Crippen LogP contribution >= 0.6 is 0 Å². The molecule has 0 aromatic carbocycles. The first-order valence-corrected chi connectivity index (χ1v) is 4.31. The third kappa shape index (κ3) is 4.20. The summed E-state index contributed by atoms with van der Waals surface area (Å²) in [5.74, 6) is 0.657. The number of hydrogen-bond acceptors (Lipinski definition) is 1. The molecule has 0 aromatic heterocycles. The van der Waals surface area contributed by atoms with Crippen molar-refractivity contribution < 1.29 is 4.74 Å². The fraction of sp³-hybridized carbons (Fsp3) is 0.800. The van der Waals surface area contributed by atoms with E-state index in [1.807, 2.05) is 13.0 Å². The van der Waals surface area contributed by atoms with E-state index in [4.69, 9.17) is 4.74 Å². The molecule has 0 aliphatic heterocycles. The van der Waals surface area contributed by atoms with Crippen molar-refractivity contribution in [3.8, 4) is 0 Å². The van der Waals surface area contributed by atoms with E-state index in [1.54, 1.807) is 0 Å². The highest BCUT2D eigenvalue weighted by molar-refractivity contribution is 4.94. The van der Waals surface area contributed by atoms with Crippen LogP contribution in [0.4, 0.5) is 0 Å². The zero-order valence-electron chi connectivity index (χ0n) is 8.18. The van der Waals surface area contributed by atoms with Gasteiger partial charge in [0.1, 0.15) is 0 Å². The van der Waals surface area contributed by atoms with Crippen LogP contribution in [0.15, 0.2) is 12.7 Å². The number of hydrogen-bond donors (Lipinski definition) is 0. The van der Waals surface area contributed by atoms with Crippen LogP contribution in [0.3, 0.4) is 0 Å². The SMILES string of the molecule is C=CC(C)(CC(C)C)OCC. The van der Waals surface area contributed by atoms with Gasteiger partial charge in [0.25, 0.3) is 0 Å². The summed E-state index contributed by atoms with van der Waals surface area (Å²) in [6.07, 6.45) is 2.95. The molecule has 0 aromatic rings. The standard InChI is InChI=1S/C10H20O/c1-6-10(5,11-7-2)8-9(3)4/h6,9H,1,7-8H2,2-5H3. The highest BCUT2D eigenvalue weighted by atomic mass is 16.5. The Morgan fingerprint density at radius 3 is 2.36 bits per heavy atom. The fourth-order valence-corrected chi connectivity index (χ4v) is 1.34. The van der Waals surface area contributed by atoms with Gasteiger partial charge in [0, 0.05) is 6.61 Å². The van der Waals surface area contributed by atoms with Crippen molar-refractivity contribution in [3.05, 3.63) is 12.7 Å². The van der Waals surface area contributed by atoms with Gasteiger partial charge in [-0.25, -0.2) is 0 Å². The minimum Gasteiger partial charge on any atom is -0.372 e. The third-order valence-corrected chi connectivity index (χ3v) is 1.72. The van der Waals surface area contributed by atoms with Gasteiger partial charge in [-0.1, -0.05) is 19.9 Å². The van der Waals surface area contributed by atoms with Gasteiger partial charge >= 0.3 is 0 Å². The van der Waals surface area contributed by atoms with Crippen LogP contribution in [-0.2, 0) is 4.74 Å². The summed E-state index contributed by atoms with van der Waals surface area (Å²) in [7, 11) is 0. The second kappa shape index (κ2) is 4.55. The first-order chi connectivity index (χ1) is 5.04. The molecule has 0 radical (unpaired) electrons. The fourth-order valence-electron chi connectivity index (χ4n) is 1.34. The molecule has 0 amide bonds. The lowest BCUT2D eigenvalue weighted by Gasteiger charge is -2.27. The topological polar surface area (TPSA) is 9.23 Å². The molecule has 0 bridgehead atoms. The molecule has 0 aliphatic carbocycles. The van der Waals surface area contributed by atoms with E-state index in [-0.39, 0.29) is 5.60 Å². The molecule has 1 atom stereocenters. The van der Waals surface area contributed by atoms with Crippen molar-refractivity contribution in [2.75, 3.05) is 6.61 Å². The van der Waals surface area contributed by atoms with Crippen molar-refractivity contribution in [3.63, 3.8) is 0 Å². The largest absolute Gasteiger partial charge is 0.372 e. The highest BCUT2D eigenvalue weighted by Crippen LogP contribution is 2.21. The maximum atomic E-state index is 5.57. The van der Waals surface area contributed by atoms with Crippen LogP contribution in [0.1, 0.15) is 34.1 Å². The third-order valence-electron chi connectivity index (χ3n) is 1.72. The van der Waals surface area contributed by atoms with Crippen LogP contribution in [0.2, 0.25) is 0 Å². The Morgan fingerprint density at radius 1 is 1.55 bits per heavy atom. The van der Waals surface area contributed by atoms with Crippen molar-refractivity contribution >= 4 is 0 Å². The first-order valence-electron chi connectivity index (χ1n) is 4.31. The summed E-state index contributed by atoms with van der Waals surface area (Å²) in [4.78, 5) is 0. The molecule has 0 fully saturated rings. The van der Waals surface area contributed by atoms with E-state index in [2.05, 4.69) is 27.4 Å². The van der Waals surface area contributed by atoms with Crippen LogP contribution in [0, 0.1) is 5.92 Å². The van der Waals surface area contributed by atoms with Gasteiger partial charge in [0.2, 0.25) is 0 Å². The molecule has 0 saturated heterocycles. The molecule has 0 rings (SSSR count). The Hall–Kier alpha value is -0.300. The van der Waals surface area contributed by atoms with Crippen molar-refractivity contribution in [2.45, 2.75) is 39.7 Å². The van der Waals surface area contributed by atoms with Gasteiger partial charge in [-0.3, -0.25) is 0 Å². The molecule has 1 unspecified atom stereocenters. The Kier molecular flexibility index (Phi) is 4.43. The van der Waals surface area contributed by atoms with Gasteiger partial charge < -0.3 is 4.74 Å². The Bertz CT molecular complexity index is 118. The predicted molar refractivity (Wildman–Crippen MR) is 49.7 cm³/mol. The molecule has 1 heteroatoms. The molecule has 1 nitrogen and oxygen atoms in total. The Balaban J connectivity index is 3.98. The molecule has 0 heterocycles. The quantitative estimate of drug-likeness (QED) is 0.556. The van der Waals surface area contributed by atoms with E-state index in [0.717, 1.165) is 13.0 Å². The summed E-state index contributed by atoms with van der Waals surface area (Å²) in [5, 5.41) is 0. The molecule has 0 spiro atoms. The zero-order valence-corrected chi connectivity index (χ0v) is 8.18. The van der Waals surface area contributed by atoms with Gasteiger partial charge in [-0.05, 0) is 26.2 Å². The second-order valence-electron chi connectivity index (χ2n) is 3.55. The summed E-state index contributed by atoms with van der Waals surface area (Å²) in [6.45, 7) is 13.0. The van der Waals surface area contributed by atoms with Crippen molar-refractivity contribution in [1.29, 1.82) is 0 Å². The summed E-state index contributed by atoms with van der Waals surface area (Å²) < 4.78 is 5.57. The van der Waals surface area contributed by atoms with Crippen molar-refractivity contribution in [1.82, 2.24) is 0 Å². The summed E-state index contributed by atoms with van der Waals surface area (Å²) >= 11 is 0.